The Kier molecular flexibility index (Phi) is 3.71. The minimum Gasteiger partial charge on any atom is -0.324 e. The third-order valence-electron chi connectivity index (χ3n) is 2.21. The Morgan fingerprint density at radius 3 is 2.65 bits per heavy atom. The first-order valence-corrected chi connectivity index (χ1v) is 5.98. The number of aromatic nitrogens is 2. The zero-order valence-electron chi connectivity index (χ0n) is 9.30. The summed E-state index contributed by atoms with van der Waals surface area (Å²) in [5.74, 6) is -0.282. The van der Waals surface area contributed by atoms with E-state index < -0.39 is 0 Å². The number of halogens is 1. The molecule has 1 aromatic carbocycles. The van der Waals surface area contributed by atoms with E-state index in [9.17, 15) is 4.39 Å². The summed E-state index contributed by atoms with van der Waals surface area (Å²) in [5.41, 5.74) is 6.58. The van der Waals surface area contributed by atoms with Crippen LogP contribution in [-0.2, 0) is 0 Å². The van der Waals surface area contributed by atoms with E-state index in [0.29, 0.717) is 5.16 Å². The number of nitrogens with zero attached hydrogens (tertiary/aromatic N) is 2. The van der Waals surface area contributed by atoms with Crippen LogP contribution in [0.1, 0.15) is 18.5 Å². The molecule has 0 aliphatic rings. The Morgan fingerprint density at radius 2 is 2.00 bits per heavy atom. The van der Waals surface area contributed by atoms with Crippen LogP contribution < -0.4 is 5.73 Å². The zero-order chi connectivity index (χ0) is 12.3. The molecule has 2 N–H and O–H groups in total. The van der Waals surface area contributed by atoms with E-state index in [-0.39, 0.29) is 11.9 Å². The highest BCUT2D eigenvalue weighted by Gasteiger charge is 2.10. The Hall–Kier alpha value is -1.46. The van der Waals surface area contributed by atoms with Gasteiger partial charge in [-0.25, -0.2) is 14.4 Å². The van der Waals surface area contributed by atoms with Gasteiger partial charge in [0.25, 0.3) is 0 Å². The fourth-order valence-corrected chi connectivity index (χ4v) is 2.33. The molecule has 0 aliphatic heterocycles. The molecule has 0 saturated heterocycles. The first-order valence-electron chi connectivity index (χ1n) is 5.16. The highest BCUT2D eigenvalue weighted by molar-refractivity contribution is 7.99. The number of rotatable bonds is 3. The van der Waals surface area contributed by atoms with Gasteiger partial charge in [-0.3, -0.25) is 0 Å². The van der Waals surface area contributed by atoms with Gasteiger partial charge >= 0.3 is 0 Å². The minimum absolute atomic E-state index is 0.225. The molecule has 1 unspecified atom stereocenters. The molecule has 0 spiro atoms. The second-order valence-corrected chi connectivity index (χ2v) is 4.61. The van der Waals surface area contributed by atoms with Crippen LogP contribution in [0.2, 0.25) is 0 Å². The standard InChI is InChI=1S/C12H12FN3S/c1-8(14)10-7-9(13)3-4-11(10)17-12-15-5-2-6-16-12/h2-8H,14H2,1H3. The van der Waals surface area contributed by atoms with E-state index in [0.717, 1.165) is 10.5 Å². The van der Waals surface area contributed by atoms with Crippen molar-refractivity contribution in [2.24, 2.45) is 5.73 Å². The first kappa shape index (κ1) is 12.0. The second-order valence-electron chi connectivity index (χ2n) is 3.60. The van der Waals surface area contributed by atoms with Gasteiger partial charge < -0.3 is 5.73 Å². The number of hydrogen-bond acceptors (Lipinski definition) is 4. The Labute approximate surface area is 103 Å². The van der Waals surface area contributed by atoms with Crippen molar-refractivity contribution in [3.05, 3.63) is 48.0 Å². The lowest BCUT2D eigenvalue weighted by Gasteiger charge is -2.11. The van der Waals surface area contributed by atoms with Crippen molar-refractivity contribution >= 4 is 11.8 Å². The maximum Gasteiger partial charge on any atom is 0.192 e. The molecule has 0 amide bonds. The summed E-state index contributed by atoms with van der Waals surface area (Å²) in [4.78, 5) is 9.11. The topological polar surface area (TPSA) is 51.8 Å². The summed E-state index contributed by atoms with van der Waals surface area (Å²) in [7, 11) is 0. The summed E-state index contributed by atoms with van der Waals surface area (Å²) in [6.45, 7) is 1.82. The quantitative estimate of drug-likeness (QED) is 0.850. The van der Waals surface area contributed by atoms with E-state index in [4.69, 9.17) is 5.73 Å². The molecule has 1 aromatic heterocycles. The lowest BCUT2D eigenvalue weighted by molar-refractivity contribution is 0.619. The van der Waals surface area contributed by atoms with Gasteiger partial charge in [-0.05, 0) is 48.5 Å². The number of hydrogen-bond donors (Lipinski definition) is 1. The fraction of sp³-hybridized carbons (Fsp3) is 0.167. The monoisotopic (exact) mass is 249 g/mol. The maximum atomic E-state index is 13.2. The maximum absolute atomic E-state index is 13.2. The Bertz CT molecular complexity index is 502. The minimum atomic E-state index is -0.282. The molecule has 0 radical (unpaired) electrons. The predicted molar refractivity (Wildman–Crippen MR) is 65.2 cm³/mol. The van der Waals surface area contributed by atoms with Crippen LogP contribution in [-0.4, -0.2) is 9.97 Å². The molecule has 2 aromatic rings. The molecule has 5 heteroatoms. The third-order valence-corrected chi connectivity index (χ3v) is 3.19. The molecular formula is C12H12FN3S. The van der Waals surface area contributed by atoms with Gasteiger partial charge in [-0.2, -0.15) is 0 Å². The van der Waals surface area contributed by atoms with Gasteiger partial charge in [0.05, 0.1) is 0 Å². The van der Waals surface area contributed by atoms with E-state index in [1.165, 1.54) is 23.9 Å². The SMILES string of the molecule is CC(N)c1cc(F)ccc1Sc1ncccn1. The molecule has 1 heterocycles. The van der Waals surface area contributed by atoms with Crippen LogP contribution in [0.25, 0.3) is 0 Å². The Morgan fingerprint density at radius 1 is 1.29 bits per heavy atom. The van der Waals surface area contributed by atoms with Crippen molar-refractivity contribution in [3.63, 3.8) is 0 Å². The van der Waals surface area contributed by atoms with E-state index in [2.05, 4.69) is 9.97 Å². The van der Waals surface area contributed by atoms with Crippen LogP contribution in [0.5, 0.6) is 0 Å². The molecule has 3 nitrogen and oxygen atoms in total. The highest BCUT2D eigenvalue weighted by atomic mass is 32.2. The van der Waals surface area contributed by atoms with Crippen LogP contribution in [0.15, 0.2) is 46.7 Å². The second kappa shape index (κ2) is 5.25. The van der Waals surface area contributed by atoms with Gasteiger partial charge in [0.2, 0.25) is 0 Å². The van der Waals surface area contributed by atoms with Crippen molar-refractivity contribution in [2.75, 3.05) is 0 Å². The van der Waals surface area contributed by atoms with Gasteiger partial charge in [0.15, 0.2) is 5.16 Å². The number of nitrogens with two attached hydrogens (primary N) is 1. The van der Waals surface area contributed by atoms with E-state index in [1.807, 2.05) is 6.92 Å². The van der Waals surface area contributed by atoms with Crippen molar-refractivity contribution < 1.29 is 4.39 Å². The van der Waals surface area contributed by atoms with E-state index >= 15 is 0 Å². The summed E-state index contributed by atoms with van der Waals surface area (Å²) in [5, 5.41) is 0.626. The summed E-state index contributed by atoms with van der Waals surface area (Å²) in [6, 6.07) is 6.10. The lowest BCUT2D eigenvalue weighted by atomic mass is 10.1. The fourth-order valence-electron chi connectivity index (χ4n) is 1.40. The normalized spacial score (nSPS) is 12.4. The molecule has 88 valence electrons. The van der Waals surface area contributed by atoms with Crippen LogP contribution in [0.4, 0.5) is 4.39 Å². The highest BCUT2D eigenvalue weighted by Crippen LogP contribution is 2.30. The molecular weight excluding hydrogens is 237 g/mol. The smallest absolute Gasteiger partial charge is 0.192 e. The van der Waals surface area contributed by atoms with Crippen LogP contribution >= 0.6 is 11.8 Å². The molecule has 0 fully saturated rings. The molecule has 2 rings (SSSR count). The third kappa shape index (κ3) is 3.01. The zero-order valence-corrected chi connectivity index (χ0v) is 10.1. The van der Waals surface area contributed by atoms with E-state index in [1.54, 1.807) is 24.5 Å². The average molecular weight is 249 g/mol. The average Bonchev–Trinajstić information content (AvgIpc) is 2.32. The molecule has 17 heavy (non-hydrogen) atoms. The predicted octanol–water partition coefficient (Wildman–Crippen LogP) is 2.79. The van der Waals surface area contributed by atoms with Gasteiger partial charge in [-0.15, -0.1) is 0 Å². The number of benzene rings is 1. The summed E-state index contributed by atoms with van der Waals surface area (Å²) >= 11 is 1.38. The van der Waals surface area contributed by atoms with Gasteiger partial charge in [0.1, 0.15) is 5.82 Å². The van der Waals surface area contributed by atoms with Gasteiger partial charge in [-0.1, -0.05) is 0 Å². The van der Waals surface area contributed by atoms with Crippen molar-refractivity contribution in [1.82, 2.24) is 9.97 Å². The van der Waals surface area contributed by atoms with Crippen molar-refractivity contribution in [2.45, 2.75) is 23.0 Å². The molecule has 0 saturated carbocycles. The van der Waals surface area contributed by atoms with Crippen LogP contribution in [0.3, 0.4) is 0 Å². The van der Waals surface area contributed by atoms with Gasteiger partial charge in [0, 0.05) is 23.3 Å². The Balaban J connectivity index is 2.33. The largest absolute Gasteiger partial charge is 0.324 e. The molecule has 0 aliphatic carbocycles. The summed E-state index contributed by atoms with van der Waals surface area (Å²) in [6.07, 6.45) is 3.34. The first-order chi connectivity index (χ1) is 8.16. The molecule has 1 atom stereocenters. The molecule has 0 bridgehead atoms. The van der Waals surface area contributed by atoms with Crippen molar-refractivity contribution in [1.29, 1.82) is 0 Å². The van der Waals surface area contributed by atoms with Crippen LogP contribution in [0, 0.1) is 5.82 Å². The lowest BCUT2D eigenvalue weighted by Crippen LogP contribution is -2.07. The van der Waals surface area contributed by atoms with Crippen molar-refractivity contribution in [3.8, 4) is 0 Å². The summed E-state index contributed by atoms with van der Waals surface area (Å²) < 4.78 is 13.2.